The van der Waals surface area contributed by atoms with Crippen LogP contribution >= 0.6 is 0 Å². The number of rotatable bonds is 1. The van der Waals surface area contributed by atoms with Crippen LogP contribution in [0.25, 0.3) is 6.08 Å². The normalized spacial score (nSPS) is 21.0. The van der Waals surface area contributed by atoms with Crippen LogP contribution in [0.5, 0.6) is 0 Å². The number of fused-ring (bicyclic) bond motifs is 1. The zero-order valence-corrected chi connectivity index (χ0v) is 5.86. The molecule has 0 saturated heterocycles. The summed E-state index contributed by atoms with van der Waals surface area (Å²) in [5.74, 6) is 0.773. The van der Waals surface area contributed by atoms with Crippen LogP contribution in [0.2, 0.25) is 0 Å². The molecule has 0 aliphatic carbocycles. The van der Waals surface area contributed by atoms with Gasteiger partial charge in [0.15, 0.2) is 0 Å². The lowest BCUT2D eigenvalue weighted by molar-refractivity contribution is 0.0749. The Morgan fingerprint density at radius 3 is 3.27 bits per heavy atom. The first-order chi connectivity index (χ1) is 5.42. The van der Waals surface area contributed by atoms with Gasteiger partial charge in [0.1, 0.15) is 11.9 Å². The van der Waals surface area contributed by atoms with Crippen molar-refractivity contribution in [3.05, 3.63) is 29.9 Å². The zero-order valence-electron chi connectivity index (χ0n) is 5.86. The molecule has 1 atom stereocenters. The summed E-state index contributed by atoms with van der Waals surface area (Å²) in [6, 6.07) is 1.81. The highest BCUT2D eigenvalue weighted by atomic mass is 16.5. The number of ether oxygens (including phenoxy) is 1. The van der Waals surface area contributed by atoms with E-state index < -0.39 is 0 Å². The van der Waals surface area contributed by atoms with Crippen LogP contribution in [0.1, 0.15) is 17.4 Å². The third-order valence-electron chi connectivity index (χ3n) is 1.70. The predicted octanol–water partition coefficient (Wildman–Crippen LogP) is 1.31. The van der Waals surface area contributed by atoms with Crippen molar-refractivity contribution in [2.75, 3.05) is 6.61 Å². The van der Waals surface area contributed by atoms with E-state index in [0.717, 1.165) is 11.3 Å². The molecule has 3 nitrogen and oxygen atoms in total. The lowest BCUT2D eigenvalue weighted by Gasteiger charge is -2.16. The molecule has 0 bridgehead atoms. The summed E-state index contributed by atoms with van der Waals surface area (Å²) in [5, 5.41) is 8.86. The van der Waals surface area contributed by atoms with E-state index in [4.69, 9.17) is 14.3 Å². The fourth-order valence-electron chi connectivity index (χ4n) is 1.14. The number of hydrogen-bond donors (Lipinski definition) is 1. The Morgan fingerprint density at radius 1 is 1.55 bits per heavy atom. The molecule has 1 N–H and O–H groups in total. The Morgan fingerprint density at radius 2 is 2.45 bits per heavy atom. The SMILES string of the molecule is OCC1OC=Cc2occc21. The highest BCUT2D eigenvalue weighted by molar-refractivity contribution is 5.49. The van der Waals surface area contributed by atoms with E-state index >= 15 is 0 Å². The van der Waals surface area contributed by atoms with Gasteiger partial charge in [-0.15, -0.1) is 0 Å². The molecule has 0 radical (unpaired) electrons. The maximum absolute atomic E-state index is 8.86. The molecule has 2 heterocycles. The zero-order chi connectivity index (χ0) is 7.68. The van der Waals surface area contributed by atoms with E-state index in [1.54, 1.807) is 18.4 Å². The van der Waals surface area contributed by atoms with Gasteiger partial charge in [-0.05, 0) is 6.07 Å². The van der Waals surface area contributed by atoms with Gasteiger partial charge in [0.05, 0.1) is 19.1 Å². The monoisotopic (exact) mass is 152 g/mol. The minimum Gasteiger partial charge on any atom is -0.491 e. The van der Waals surface area contributed by atoms with E-state index in [-0.39, 0.29) is 12.7 Å². The second-order valence-corrected chi connectivity index (χ2v) is 2.35. The molecular weight excluding hydrogens is 144 g/mol. The Kier molecular flexibility index (Phi) is 1.43. The molecule has 1 aliphatic rings. The van der Waals surface area contributed by atoms with Crippen molar-refractivity contribution in [3.63, 3.8) is 0 Å². The van der Waals surface area contributed by atoms with Gasteiger partial charge in [-0.1, -0.05) is 0 Å². The smallest absolute Gasteiger partial charge is 0.149 e. The average Bonchev–Trinajstić information content (AvgIpc) is 2.50. The van der Waals surface area contributed by atoms with Crippen molar-refractivity contribution in [1.82, 2.24) is 0 Å². The van der Waals surface area contributed by atoms with Crippen LogP contribution in [0.4, 0.5) is 0 Å². The first kappa shape index (κ1) is 6.49. The topological polar surface area (TPSA) is 42.6 Å². The molecule has 1 aromatic heterocycles. The molecule has 0 saturated carbocycles. The first-order valence-corrected chi connectivity index (χ1v) is 3.42. The quantitative estimate of drug-likeness (QED) is 0.659. The predicted molar refractivity (Wildman–Crippen MR) is 38.7 cm³/mol. The summed E-state index contributed by atoms with van der Waals surface area (Å²) < 4.78 is 10.2. The van der Waals surface area contributed by atoms with E-state index in [0.29, 0.717) is 0 Å². The summed E-state index contributed by atoms with van der Waals surface area (Å²) in [4.78, 5) is 0. The van der Waals surface area contributed by atoms with Gasteiger partial charge in [0.25, 0.3) is 0 Å². The largest absolute Gasteiger partial charge is 0.491 e. The standard InChI is InChI=1S/C8H8O3/c9-5-8-6-1-3-10-7(6)2-4-11-8/h1-4,8-9H,5H2. The summed E-state index contributed by atoms with van der Waals surface area (Å²) >= 11 is 0. The lowest BCUT2D eigenvalue weighted by atomic mass is 10.1. The van der Waals surface area contributed by atoms with Crippen molar-refractivity contribution in [2.24, 2.45) is 0 Å². The van der Waals surface area contributed by atoms with Crippen molar-refractivity contribution in [1.29, 1.82) is 0 Å². The van der Waals surface area contributed by atoms with Gasteiger partial charge in [-0.3, -0.25) is 0 Å². The van der Waals surface area contributed by atoms with E-state index in [2.05, 4.69) is 0 Å². The molecule has 0 fully saturated rings. The average molecular weight is 152 g/mol. The van der Waals surface area contributed by atoms with Gasteiger partial charge < -0.3 is 14.3 Å². The highest BCUT2D eigenvalue weighted by Gasteiger charge is 2.19. The summed E-state index contributed by atoms with van der Waals surface area (Å²) in [6.07, 6.45) is 4.61. The fraction of sp³-hybridized carbons (Fsp3) is 0.250. The van der Waals surface area contributed by atoms with E-state index in [1.807, 2.05) is 0 Å². The van der Waals surface area contributed by atoms with Gasteiger partial charge in [0.2, 0.25) is 0 Å². The lowest BCUT2D eigenvalue weighted by Crippen LogP contribution is -2.08. The molecule has 3 heteroatoms. The van der Waals surface area contributed by atoms with Crippen LogP contribution in [0.3, 0.4) is 0 Å². The first-order valence-electron chi connectivity index (χ1n) is 3.42. The Hall–Kier alpha value is -1.22. The maximum Gasteiger partial charge on any atom is 0.149 e. The highest BCUT2D eigenvalue weighted by Crippen LogP contribution is 2.27. The molecule has 11 heavy (non-hydrogen) atoms. The van der Waals surface area contributed by atoms with E-state index in [9.17, 15) is 0 Å². The third kappa shape index (κ3) is 0.935. The Bertz CT molecular complexity index is 275. The second kappa shape index (κ2) is 2.43. The van der Waals surface area contributed by atoms with Gasteiger partial charge >= 0.3 is 0 Å². The molecule has 0 spiro atoms. The Labute approximate surface area is 63.9 Å². The molecule has 0 amide bonds. The molecule has 2 rings (SSSR count). The second-order valence-electron chi connectivity index (χ2n) is 2.35. The minimum atomic E-state index is -0.256. The number of aliphatic hydroxyl groups excluding tert-OH is 1. The maximum atomic E-state index is 8.86. The van der Waals surface area contributed by atoms with Crippen LogP contribution in [0.15, 0.2) is 23.0 Å². The fourth-order valence-corrected chi connectivity index (χ4v) is 1.14. The third-order valence-corrected chi connectivity index (χ3v) is 1.70. The molecule has 1 unspecified atom stereocenters. The number of furan rings is 1. The summed E-state index contributed by atoms with van der Waals surface area (Å²) in [5.41, 5.74) is 0.912. The van der Waals surface area contributed by atoms with Crippen molar-refractivity contribution >= 4 is 6.08 Å². The van der Waals surface area contributed by atoms with Crippen LogP contribution in [-0.2, 0) is 4.74 Å². The molecular formula is C8H8O3. The number of aliphatic hydroxyl groups is 1. The van der Waals surface area contributed by atoms with Gasteiger partial charge in [-0.2, -0.15) is 0 Å². The molecule has 0 aromatic carbocycles. The Balaban J connectivity index is 2.41. The van der Waals surface area contributed by atoms with E-state index in [1.165, 1.54) is 6.26 Å². The van der Waals surface area contributed by atoms with Crippen molar-refractivity contribution < 1.29 is 14.3 Å². The van der Waals surface area contributed by atoms with Gasteiger partial charge in [0, 0.05) is 11.6 Å². The summed E-state index contributed by atoms with van der Waals surface area (Å²) in [7, 11) is 0. The molecule has 1 aromatic rings. The minimum absolute atomic E-state index is 0.0170. The van der Waals surface area contributed by atoms with Crippen LogP contribution in [-0.4, -0.2) is 11.7 Å². The summed E-state index contributed by atoms with van der Waals surface area (Å²) in [6.45, 7) is -0.0170. The molecule has 1 aliphatic heterocycles. The van der Waals surface area contributed by atoms with Gasteiger partial charge in [-0.25, -0.2) is 0 Å². The van der Waals surface area contributed by atoms with Crippen LogP contribution < -0.4 is 0 Å². The molecule has 58 valence electrons. The van der Waals surface area contributed by atoms with Crippen LogP contribution in [0, 0.1) is 0 Å². The van der Waals surface area contributed by atoms with Crippen molar-refractivity contribution in [2.45, 2.75) is 6.10 Å². The number of hydrogen-bond acceptors (Lipinski definition) is 3. The van der Waals surface area contributed by atoms with Crippen molar-refractivity contribution in [3.8, 4) is 0 Å².